The molecule has 0 bridgehead atoms. The molecule has 1 aromatic carbocycles. The first-order valence-corrected chi connectivity index (χ1v) is 14.5. The van der Waals surface area contributed by atoms with Crippen molar-refractivity contribution in [3.63, 3.8) is 0 Å². The number of hydrogen-bond donors (Lipinski definition) is 1. The van der Waals surface area contributed by atoms with Gasteiger partial charge in [-0.25, -0.2) is 19.2 Å². The van der Waals surface area contributed by atoms with E-state index < -0.39 is 11.7 Å². The van der Waals surface area contributed by atoms with Crippen LogP contribution in [0.25, 0.3) is 22.6 Å². The van der Waals surface area contributed by atoms with E-state index in [0.717, 1.165) is 32.1 Å². The molecule has 0 spiro atoms. The van der Waals surface area contributed by atoms with Crippen LogP contribution in [-0.4, -0.2) is 60.4 Å². The molecule has 1 aliphatic heterocycles. The number of fused-ring (bicyclic) bond motifs is 1. The zero-order valence-electron chi connectivity index (χ0n) is 23.0. The van der Waals surface area contributed by atoms with E-state index in [4.69, 9.17) is 0 Å². The van der Waals surface area contributed by atoms with E-state index in [2.05, 4.69) is 15.0 Å². The number of benzene rings is 1. The molecule has 4 aromatic rings. The van der Waals surface area contributed by atoms with E-state index in [9.17, 15) is 23.6 Å². The van der Waals surface area contributed by atoms with E-state index >= 15 is 0 Å². The van der Waals surface area contributed by atoms with Gasteiger partial charge < -0.3 is 9.88 Å². The van der Waals surface area contributed by atoms with Crippen LogP contribution < -0.4 is 16.1 Å². The molecule has 2 aliphatic carbocycles. The molecule has 1 N–H and O–H groups in total. The van der Waals surface area contributed by atoms with Crippen LogP contribution in [-0.2, 0) is 4.79 Å². The van der Waals surface area contributed by atoms with Crippen LogP contribution in [0.2, 0.25) is 0 Å². The molecule has 42 heavy (non-hydrogen) atoms. The van der Waals surface area contributed by atoms with Gasteiger partial charge in [0.1, 0.15) is 23.0 Å². The topological polar surface area (TPSA) is 126 Å². The molecule has 0 radical (unpaired) electrons. The summed E-state index contributed by atoms with van der Waals surface area (Å²) in [6, 6.07) is 8.92. The predicted octanol–water partition coefficient (Wildman–Crippen LogP) is 3.42. The average Bonchev–Trinajstić information content (AvgIpc) is 3.91. The summed E-state index contributed by atoms with van der Waals surface area (Å²) in [6.45, 7) is 1.51. The van der Waals surface area contributed by atoms with Crippen LogP contribution >= 0.6 is 0 Å². The maximum absolute atomic E-state index is 13.9. The number of hydrogen-bond acceptors (Lipinski definition) is 6. The number of rotatable bonds is 9. The number of pyridine rings is 1. The largest absolute Gasteiger partial charge is 0.343 e. The highest BCUT2D eigenvalue weighted by Crippen LogP contribution is 2.37. The number of carbonyl (C=O) groups excluding carboxylic acids is 2. The molecule has 1 saturated heterocycles. The van der Waals surface area contributed by atoms with Crippen molar-refractivity contribution in [3.05, 3.63) is 74.8 Å². The van der Waals surface area contributed by atoms with E-state index in [-0.39, 0.29) is 41.3 Å². The Kier molecular flexibility index (Phi) is 6.47. The molecule has 12 heteroatoms. The number of H-pyrrole nitrogens is 1. The van der Waals surface area contributed by atoms with Crippen molar-refractivity contribution in [1.82, 2.24) is 29.0 Å². The highest BCUT2D eigenvalue weighted by Gasteiger charge is 2.34. The minimum absolute atomic E-state index is 0.0421. The van der Waals surface area contributed by atoms with Crippen molar-refractivity contribution in [1.29, 1.82) is 0 Å². The summed E-state index contributed by atoms with van der Waals surface area (Å²) in [5, 5.41) is 0. The van der Waals surface area contributed by atoms with Gasteiger partial charge in [-0.2, -0.15) is 0 Å². The highest BCUT2D eigenvalue weighted by molar-refractivity contribution is 6.05. The summed E-state index contributed by atoms with van der Waals surface area (Å²) in [5.74, 6) is -0.0356. The van der Waals surface area contributed by atoms with Crippen LogP contribution in [0.15, 0.2) is 52.2 Å². The molecule has 3 aliphatic rings. The van der Waals surface area contributed by atoms with Gasteiger partial charge >= 0.3 is 5.69 Å². The SMILES string of the molecule is O=C1CCCN1CCCN(C(=O)c1cccc(F)c1)c1ccc(-c2nc3c([nH]2)c(=O)n(C2CC2)c(=O)n3C2CC2)cn1. The van der Waals surface area contributed by atoms with Gasteiger partial charge in [-0.15, -0.1) is 0 Å². The van der Waals surface area contributed by atoms with Crippen molar-refractivity contribution in [3.8, 4) is 11.4 Å². The lowest BCUT2D eigenvalue weighted by atomic mass is 10.1. The quantitative estimate of drug-likeness (QED) is 0.328. The number of imidazole rings is 1. The number of likely N-dealkylation sites (tertiary alicyclic amines) is 1. The van der Waals surface area contributed by atoms with Gasteiger partial charge in [-0.05, 0) is 68.9 Å². The maximum Gasteiger partial charge on any atom is 0.333 e. The molecule has 4 heterocycles. The van der Waals surface area contributed by atoms with E-state index in [1.54, 1.807) is 33.9 Å². The van der Waals surface area contributed by atoms with Gasteiger partial charge in [-0.1, -0.05) is 6.07 Å². The predicted molar refractivity (Wildman–Crippen MR) is 153 cm³/mol. The second-order valence-corrected chi connectivity index (χ2v) is 11.3. The third-order valence-corrected chi connectivity index (χ3v) is 8.18. The third kappa shape index (κ3) is 4.80. The number of carbonyl (C=O) groups is 2. The first-order valence-electron chi connectivity index (χ1n) is 14.5. The Morgan fingerprint density at radius 1 is 1.05 bits per heavy atom. The lowest BCUT2D eigenvalue weighted by molar-refractivity contribution is -0.127. The smallest absolute Gasteiger partial charge is 0.333 e. The van der Waals surface area contributed by atoms with Crippen LogP contribution in [0.3, 0.4) is 0 Å². The van der Waals surface area contributed by atoms with E-state index in [1.807, 2.05) is 0 Å². The van der Waals surface area contributed by atoms with E-state index in [0.29, 0.717) is 54.3 Å². The molecule has 3 fully saturated rings. The minimum Gasteiger partial charge on any atom is -0.343 e. The Balaban J connectivity index is 1.20. The summed E-state index contributed by atoms with van der Waals surface area (Å²) in [7, 11) is 0. The number of aromatic amines is 1. The Labute approximate surface area is 239 Å². The number of anilines is 1. The highest BCUT2D eigenvalue weighted by atomic mass is 19.1. The molecule has 216 valence electrons. The summed E-state index contributed by atoms with van der Waals surface area (Å²) in [6.07, 6.45) is 6.85. The number of aromatic nitrogens is 5. The zero-order valence-corrected chi connectivity index (χ0v) is 23.0. The van der Waals surface area contributed by atoms with Crippen molar-refractivity contribution in [2.24, 2.45) is 0 Å². The van der Waals surface area contributed by atoms with Crippen molar-refractivity contribution >= 4 is 28.8 Å². The Morgan fingerprint density at radius 2 is 1.83 bits per heavy atom. The molecule has 2 saturated carbocycles. The van der Waals surface area contributed by atoms with Crippen molar-refractivity contribution < 1.29 is 14.0 Å². The Morgan fingerprint density at radius 3 is 2.50 bits per heavy atom. The molecular weight excluding hydrogens is 541 g/mol. The molecule has 3 aromatic heterocycles. The van der Waals surface area contributed by atoms with Gasteiger partial charge in [-0.3, -0.25) is 28.4 Å². The van der Waals surface area contributed by atoms with Gasteiger partial charge in [0, 0.05) is 55.5 Å². The third-order valence-electron chi connectivity index (χ3n) is 8.18. The van der Waals surface area contributed by atoms with Crippen molar-refractivity contribution in [2.45, 2.75) is 57.0 Å². The lowest BCUT2D eigenvalue weighted by Crippen LogP contribution is -2.39. The number of nitrogens with one attached hydrogen (secondary N) is 1. The fourth-order valence-electron chi connectivity index (χ4n) is 5.70. The monoisotopic (exact) mass is 571 g/mol. The Bertz CT molecular complexity index is 1820. The van der Waals surface area contributed by atoms with Gasteiger partial charge in [0.15, 0.2) is 5.65 Å². The summed E-state index contributed by atoms with van der Waals surface area (Å²) in [4.78, 5) is 67.6. The summed E-state index contributed by atoms with van der Waals surface area (Å²) < 4.78 is 16.9. The van der Waals surface area contributed by atoms with E-state index in [1.165, 1.54) is 27.7 Å². The number of nitrogens with zero attached hydrogens (tertiary/aromatic N) is 6. The lowest BCUT2D eigenvalue weighted by Gasteiger charge is -2.24. The molecule has 11 nitrogen and oxygen atoms in total. The second-order valence-electron chi connectivity index (χ2n) is 11.3. The maximum atomic E-state index is 13.9. The van der Waals surface area contributed by atoms with Crippen LogP contribution in [0, 0.1) is 5.82 Å². The van der Waals surface area contributed by atoms with Crippen LogP contribution in [0.1, 0.15) is 67.4 Å². The summed E-state index contributed by atoms with van der Waals surface area (Å²) in [5.41, 5.74) is 0.769. The summed E-state index contributed by atoms with van der Waals surface area (Å²) >= 11 is 0. The second kappa shape index (κ2) is 10.3. The molecule has 7 rings (SSSR count). The van der Waals surface area contributed by atoms with Crippen LogP contribution in [0.5, 0.6) is 0 Å². The van der Waals surface area contributed by atoms with Gasteiger partial charge in [0.05, 0.1) is 0 Å². The normalized spacial score (nSPS) is 16.9. The molecular formula is C30H30FN7O4. The first-order chi connectivity index (χ1) is 20.4. The molecule has 0 unspecified atom stereocenters. The molecule has 2 amide bonds. The fourth-order valence-corrected chi connectivity index (χ4v) is 5.70. The first kappa shape index (κ1) is 26.3. The van der Waals surface area contributed by atoms with Crippen molar-refractivity contribution in [2.75, 3.05) is 24.5 Å². The number of amides is 2. The number of halogens is 1. The van der Waals surface area contributed by atoms with Gasteiger partial charge in [0.25, 0.3) is 11.5 Å². The van der Waals surface area contributed by atoms with Crippen LogP contribution in [0.4, 0.5) is 10.2 Å². The fraction of sp³-hybridized carbons (Fsp3) is 0.400. The standard InChI is InChI=1S/C30H30FN7O4/c31-20-5-1-4-18(16-20)28(40)36(15-3-14-35-13-2-6-24(35)39)23-12-7-19(17-32-23)26-33-25-27(34-26)37(21-8-9-21)30(42)38(29(25)41)22-10-11-22/h1,4-5,7,12,16-17,21-22H,2-3,6,8-11,13-15H2,(H,33,34). The zero-order chi connectivity index (χ0) is 29.0. The van der Waals surface area contributed by atoms with Gasteiger partial charge in [0.2, 0.25) is 5.91 Å². The molecule has 0 atom stereocenters. The minimum atomic E-state index is -0.512. The Hall–Kier alpha value is -4.61. The average molecular weight is 572 g/mol.